The van der Waals surface area contributed by atoms with E-state index < -0.39 is 0 Å². The van der Waals surface area contributed by atoms with E-state index in [0.29, 0.717) is 0 Å². The molecular formula is C32H18N2O2. The summed E-state index contributed by atoms with van der Waals surface area (Å²) in [5, 5.41) is 6.79. The van der Waals surface area contributed by atoms with Crippen molar-refractivity contribution in [3.63, 3.8) is 0 Å². The van der Waals surface area contributed by atoms with Crippen molar-refractivity contribution in [2.45, 2.75) is 0 Å². The summed E-state index contributed by atoms with van der Waals surface area (Å²) in [6, 6.07) is 29.3. The predicted octanol–water partition coefficient (Wildman–Crippen LogP) is 8.76. The fourth-order valence-corrected chi connectivity index (χ4v) is 5.38. The van der Waals surface area contributed by atoms with Gasteiger partial charge in [-0.05, 0) is 82.6 Å². The summed E-state index contributed by atoms with van der Waals surface area (Å²) in [4.78, 5) is 8.51. The van der Waals surface area contributed by atoms with Crippen LogP contribution < -0.4 is 0 Å². The van der Waals surface area contributed by atoms with Gasteiger partial charge >= 0.3 is 0 Å². The third kappa shape index (κ3) is 2.75. The van der Waals surface area contributed by atoms with Crippen molar-refractivity contribution < 1.29 is 8.83 Å². The Morgan fingerprint density at radius 3 is 1.33 bits per heavy atom. The molecule has 0 aliphatic heterocycles. The monoisotopic (exact) mass is 462 g/mol. The van der Waals surface area contributed by atoms with Crippen LogP contribution in [-0.2, 0) is 0 Å². The van der Waals surface area contributed by atoms with Gasteiger partial charge in [-0.2, -0.15) is 0 Å². The quantitative estimate of drug-likeness (QED) is 0.258. The van der Waals surface area contributed by atoms with Crippen molar-refractivity contribution in [2.24, 2.45) is 0 Å². The number of nitrogens with zero attached hydrogens (tertiary/aromatic N) is 2. The van der Waals surface area contributed by atoms with Crippen molar-refractivity contribution >= 4 is 54.6 Å². The van der Waals surface area contributed by atoms with Crippen LogP contribution in [0.15, 0.2) is 119 Å². The van der Waals surface area contributed by atoms with Gasteiger partial charge in [0.1, 0.15) is 22.3 Å². The smallest absolute Gasteiger partial charge is 0.136 e. The Kier molecular flexibility index (Phi) is 3.91. The summed E-state index contributed by atoms with van der Waals surface area (Å²) >= 11 is 0. The molecule has 0 radical (unpaired) electrons. The lowest BCUT2D eigenvalue weighted by Crippen LogP contribution is -1.80. The molecule has 8 rings (SSSR count). The lowest BCUT2D eigenvalue weighted by molar-refractivity contribution is 0.668. The van der Waals surface area contributed by atoms with Gasteiger partial charge in [-0.25, -0.2) is 0 Å². The second-order valence-electron chi connectivity index (χ2n) is 9.08. The second kappa shape index (κ2) is 7.27. The van der Waals surface area contributed by atoms with E-state index in [1.807, 2.05) is 24.5 Å². The molecule has 168 valence electrons. The lowest BCUT2D eigenvalue weighted by atomic mass is 9.98. The Hall–Kier alpha value is -4.96. The zero-order valence-corrected chi connectivity index (χ0v) is 19.1. The highest BCUT2D eigenvalue weighted by molar-refractivity contribution is 6.27. The Labute approximate surface area is 205 Å². The number of aromatic nitrogens is 2. The molecule has 0 N–H and O–H groups in total. The number of pyridine rings is 2. The minimum Gasteiger partial charge on any atom is -0.456 e. The predicted molar refractivity (Wildman–Crippen MR) is 145 cm³/mol. The van der Waals surface area contributed by atoms with Crippen LogP contribution in [0.2, 0.25) is 0 Å². The molecule has 4 aromatic heterocycles. The zero-order valence-electron chi connectivity index (χ0n) is 19.1. The van der Waals surface area contributed by atoms with Gasteiger partial charge in [0.25, 0.3) is 0 Å². The molecule has 0 saturated heterocycles. The van der Waals surface area contributed by atoms with Crippen molar-refractivity contribution in [1.82, 2.24) is 9.97 Å². The first kappa shape index (κ1) is 19.4. The van der Waals surface area contributed by atoms with Gasteiger partial charge in [-0.1, -0.05) is 24.3 Å². The number of rotatable bonds is 2. The molecule has 0 amide bonds. The maximum atomic E-state index is 6.32. The minimum atomic E-state index is 0.872. The summed E-state index contributed by atoms with van der Waals surface area (Å²) < 4.78 is 12.6. The Bertz CT molecular complexity index is 1940. The van der Waals surface area contributed by atoms with Gasteiger partial charge in [0.05, 0.1) is 0 Å². The Balaban J connectivity index is 1.37. The first-order valence-electron chi connectivity index (χ1n) is 11.9. The molecule has 4 aromatic carbocycles. The molecule has 4 heteroatoms. The maximum absolute atomic E-state index is 6.32. The highest BCUT2D eigenvalue weighted by Crippen LogP contribution is 2.41. The SMILES string of the molecule is c1cncc(-c2ccc3c(c2)oc2ccc4c(ccc5oc6cc(-c7cccnc7)ccc6c54)c23)c1. The fraction of sp³-hybridized carbons (Fsp3) is 0. The fourth-order valence-electron chi connectivity index (χ4n) is 5.38. The van der Waals surface area contributed by atoms with Crippen LogP contribution in [0.5, 0.6) is 0 Å². The third-order valence-corrected chi connectivity index (χ3v) is 7.06. The first-order chi connectivity index (χ1) is 17.8. The topological polar surface area (TPSA) is 52.1 Å². The molecule has 36 heavy (non-hydrogen) atoms. The van der Waals surface area contributed by atoms with Crippen LogP contribution in [0.1, 0.15) is 0 Å². The van der Waals surface area contributed by atoms with Crippen molar-refractivity contribution in [2.75, 3.05) is 0 Å². The minimum absolute atomic E-state index is 0.872. The molecule has 0 aliphatic rings. The highest BCUT2D eigenvalue weighted by atomic mass is 16.3. The summed E-state index contributed by atoms with van der Waals surface area (Å²) in [6.07, 6.45) is 7.32. The molecule has 0 fully saturated rings. The molecule has 0 spiro atoms. The van der Waals surface area contributed by atoms with E-state index in [4.69, 9.17) is 8.83 Å². The van der Waals surface area contributed by atoms with Crippen molar-refractivity contribution in [3.8, 4) is 22.3 Å². The van der Waals surface area contributed by atoms with Gasteiger partial charge in [-0.3, -0.25) is 9.97 Å². The average Bonchev–Trinajstić information content (AvgIpc) is 3.51. The largest absolute Gasteiger partial charge is 0.456 e. The van der Waals surface area contributed by atoms with E-state index in [0.717, 1.165) is 76.9 Å². The number of benzene rings is 4. The van der Waals surface area contributed by atoms with Gasteiger partial charge in [0.2, 0.25) is 0 Å². The van der Waals surface area contributed by atoms with Crippen molar-refractivity contribution in [3.05, 3.63) is 110 Å². The van der Waals surface area contributed by atoms with E-state index in [1.165, 1.54) is 0 Å². The molecule has 0 bridgehead atoms. The van der Waals surface area contributed by atoms with Crippen LogP contribution in [0.4, 0.5) is 0 Å². The van der Waals surface area contributed by atoms with Gasteiger partial charge in [-0.15, -0.1) is 0 Å². The molecular weight excluding hydrogens is 444 g/mol. The second-order valence-corrected chi connectivity index (χ2v) is 9.08. The number of furan rings is 2. The van der Waals surface area contributed by atoms with Gasteiger partial charge in [0, 0.05) is 57.5 Å². The Morgan fingerprint density at radius 2 is 0.889 bits per heavy atom. The van der Waals surface area contributed by atoms with Gasteiger partial charge < -0.3 is 8.83 Å². The average molecular weight is 463 g/mol. The number of hydrogen-bond acceptors (Lipinski definition) is 4. The standard InChI is InChI=1S/C32H18N2O2/c1-3-21(17-33-13-1)19-5-7-25-29(15-19)35-27-11-9-24-23(31(25)27)10-12-28-32(24)26-8-6-20(16-30(26)36-28)22-4-2-14-34-18-22/h1-18H. The van der Waals surface area contributed by atoms with Crippen LogP contribution in [0.3, 0.4) is 0 Å². The number of fused-ring (bicyclic) bond motifs is 9. The number of hydrogen-bond donors (Lipinski definition) is 0. The maximum Gasteiger partial charge on any atom is 0.136 e. The summed E-state index contributed by atoms with van der Waals surface area (Å²) in [5.41, 5.74) is 7.83. The van der Waals surface area contributed by atoms with Crippen molar-refractivity contribution in [1.29, 1.82) is 0 Å². The molecule has 0 saturated carbocycles. The van der Waals surface area contributed by atoms with Crippen LogP contribution in [0, 0.1) is 0 Å². The van der Waals surface area contributed by atoms with E-state index >= 15 is 0 Å². The summed E-state index contributed by atoms with van der Waals surface area (Å²) in [6.45, 7) is 0. The van der Waals surface area contributed by atoms with E-state index in [2.05, 4.69) is 82.8 Å². The molecule has 4 heterocycles. The van der Waals surface area contributed by atoms with Crippen LogP contribution in [0.25, 0.3) is 76.9 Å². The zero-order chi connectivity index (χ0) is 23.6. The molecule has 8 aromatic rings. The van der Waals surface area contributed by atoms with Crippen LogP contribution in [-0.4, -0.2) is 9.97 Å². The first-order valence-corrected chi connectivity index (χ1v) is 11.9. The Morgan fingerprint density at radius 1 is 0.417 bits per heavy atom. The summed E-state index contributed by atoms with van der Waals surface area (Å²) in [7, 11) is 0. The van der Waals surface area contributed by atoms with E-state index in [9.17, 15) is 0 Å². The normalized spacial score (nSPS) is 11.9. The van der Waals surface area contributed by atoms with Crippen LogP contribution >= 0.6 is 0 Å². The lowest BCUT2D eigenvalue weighted by Gasteiger charge is -2.03. The van der Waals surface area contributed by atoms with Gasteiger partial charge in [0.15, 0.2) is 0 Å². The van der Waals surface area contributed by atoms with E-state index in [1.54, 1.807) is 12.4 Å². The van der Waals surface area contributed by atoms with E-state index in [-0.39, 0.29) is 0 Å². The third-order valence-electron chi connectivity index (χ3n) is 7.06. The molecule has 0 atom stereocenters. The highest BCUT2D eigenvalue weighted by Gasteiger charge is 2.16. The summed E-state index contributed by atoms with van der Waals surface area (Å²) in [5.74, 6) is 0. The molecule has 0 aliphatic carbocycles. The molecule has 4 nitrogen and oxygen atoms in total. The molecule has 0 unspecified atom stereocenters.